The van der Waals surface area contributed by atoms with Gasteiger partial charge in [-0.25, -0.2) is 0 Å². The second-order valence-electron chi connectivity index (χ2n) is 7.04. The fourth-order valence-corrected chi connectivity index (χ4v) is 4.98. The summed E-state index contributed by atoms with van der Waals surface area (Å²) in [6.45, 7) is 3.96. The molecule has 0 radical (unpaired) electrons. The van der Waals surface area contributed by atoms with Gasteiger partial charge >= 0.3 is 0 Å². The average molecular weight is 428 g/mol. The predicted molar refractivity (Wildman–Crippen MR) is 113 cm³/mol. The van der Waals surface area contributed by atoms with Gasteiger partial charge in [-0.2, -0.15) is 5.26 Å². The van der Waals surface area contributed by atoms with E-state index in [1.807, 2.05) is 31.4 Å². The van der Waals surface area contributed by atoms with Crippen LogP contribution in [0.15, 0.2) is 27.2 Å². The highest BCUT2D eigenvalue weighted by Crippen LogP contribution is 2.37. The van der Waals surface area contributed by atoms with Crippen LogP contribution < -0.4 is 5.32 Å². The Morgan fingerprint density at radius 1 is 1.41 bits per heavy atom. The molecule has 9 heteroatoms. The van der Waals surface area contributed by atoms with Crippen molar-refractivity contribution in [3.05, 3.63) is 34.3 Å². The highest BCUT2D eigenvalue weighted by molar-refractivity contribution is 7.99. The standard InChI is InChI=1S/C20H21N5O2S2/c1-12-13(2)25(14-6-3-4-7-14)18(15(12)10-21)22-17(26)11-29-20-24-23-19(27-20)16-8-5-9-28-16/h5,8-9,14H,3-4,6-7,11H2,1-2H3,(H,22,26). The van der Waals surface area contributed by atoms with Crippen molar-refractivity contribution in [3.63, 3.8) is 0 Å². The van der Waals surface area contributed by atoms with Crippen LogP contribution in [0.2, 0.25) is 0 Å². The molecule has 150 valence electrons. The number of hydrogen-bond donors (Lipinski definition) is 1. The van der Waals surface area contributed by atoms with E-state index >= 15 is 0 Å². The first-order chi connectivity index (χ1) is 14.1. The highest BCUT2D eigenvalue weighted by atomic mass is 32.2. The molecule has 1 aliphatic carbocycles. The Hall–Kier alpha value is -2.57. The third-order valence-electron chi connectivity index (χ3n) is 5.28. The molecule has 0 saturated heterocycles. The van der Waals surface area contributed by atoms with Crippen molar-refractivity contribution < 1.29 is 9.21 Å². The van der Waals surface area contributed by atoms with E-state index in [0.29, 0.717) is 28.5 Å². The SMILES string of the molecule is Cc1c(C#N)c(NC(=O)CSc2nnc(-c3cccs3)o2)n(C2CCCC2)c1C. The van der Waals surface area contributed by atoms with E-state index in [1.54, 1.807) is 0 Å². The maximum absolute atomic E-state index is 12.6. The number of rotatable bonds is 6. The monoisotopic (exact) mass is 427 g/mol. The van der Waals surface area contributed by atoms with E-state index in [9.17, 15) is 10.1 Å². The van der Waals surface area contributed by atoms with Gasteiger partial charge in [-0.1, -0.05) is 30.7 Å². The molecular weight excluding hydrogens is 406 g/mol. The smallest absolute Gasteiger partial charge is 0.277 e. The maximum Gasteiger partial charge on any atom is 0.277 e. The summed E-state index contributed by atoms with van der Waals surface area (Å²) in [5.74, 6) is 1.00. The first-order valence-corrected chi connectivity index (χ1v) is 11.4. The fraction of sp³-hybridized carbons (Fsp3) is 0.400. The van der Waals surface area contributed by atoms with Crippen LogP contribution in [-0.4, -0.2) is 26.4 Å². The number of carbonyl (C=O) groups is 1. The number of hydrogen-bond acceptors (Lipinski definition) is 7. The van der Waals surface area contributed by atoms with Crippen molar-refractivity contribution >= 4 is 34.8 Å². The minimum atomic E-state index is -0.195. The van der Waals surface area contributed by atoms with Gasteiger partial charge in [0.15, 0.2) is 0 Å². The maximum atomic E-state index is 12.6. The van der Waals surface area contributed by atoms with Gasteiger partial charge in [0.05, 0.1) is 16.2 Å². The van der Waals surface area contributed by atoms with Crippen molar-refractivity contribution in [2.75, 3.05) is 11.1 Å². The Bertz CT molecular complexity index is 1060. The summed E-state index contributed by atoms with van der Waals surface area (Å²) in [4.78, 5) is 13.5. The molecule has 29 heavy (non-hydrogen) atoms. The van der Waals surface area contributed by atoms with E-state index < -0.39 is 0 Å². The van der Waals surface area contributed by atoms with Gasteiger partial charge in [-0.15, -0.1) is 21.5 Å². The van der Waals surface area contributed by atoms with Crippen LogP contribution in [0.4, 0.5) is 5.82 Å². The Labute approximate surface area is 177 Å². The summed E-state index contributed by atoms with van der Waals surface area (Å²) in [5.41, 5.74) is 2.53. The van der Waals surface area contributed by atoms with Gasteiger partial charge in [0.1, 0.15) is 11.9 Å². The molecule has 0 bridgehead atoms. The number of aromatic nitrogens is 3. The number of thioether (sulfide) groups is 1. The molecule has 0 spiro atoms. The number of nitrogens with zero attached hydrogens (tertiary/aromatic N) is 4. The number of thiophene rings is 1. The third kappa shape index (κ3) is 3.95. The number of amides is 1. The quantitative estimate of drug-likeness (QED) is 0.560. The number of nitrogens with one attached hydrogen (secondary N) is 1. The lowest BCUT2D eigenvalue weighted by molar-refractivity contribution is -0.113. The molecule has 1 amide bonds. The molecule has 1 aliphatic rings. The second kappa shape index (κ2) is 8.43. The summed E-state index contributed by atoms with van der Waals surface area (Å²) < 4.78 is 7.76. The van der Waals surface area contributed by atoms with E-state index in [2.05, 4.69) is 26.2 Å². The molecule has 3 aromatic rings. The van der Waals surface area contributed by atoms with Crippen LogP contribution in [-0.2, 0) is 4.79 Å². The molecule has 0 unspecified atom stereocenters. The Morgan fingerprint density at radius 2 is 2.21 bits per heavy atom. The number of nitriles is 1. The van der Waals surface area contributed by atoms with Gasteiger partial charge in [0.25, 0.3) is 11.1 Å². The van der Waals surface area contributed by atoms with Gasteiger partial charge in [0.2, 0.25) is 5.91 Å². The van der Waals surface area contributed by atoms with E-state index in [-0.39, 0.29) is 11.7 Å². The van der Waals surface area contributed by atoms with Gasteiger partial charge in [0, 0.05) is 11.7 Å². The predicted octanol–water partition coefficient (Wildman–Crippen LogP) is 4.93. The van der Waals surface area contributed by atoms with Crippen LogP contribution in [0.1, 0.15) is 48.5 Å². The first-order valence-electron chi connectivity index (χ1n) is 9.50. The molecule has 1 fully saturated rings. The number of anilines is 1. The first kappa shape index (κ1) is 19.7. The Balaban J connectivity index is 1.47. The lowest BCUT2D eigenvalue weighted by Gasteiger charge is -2.19. The molecule has 7 nitrogen and oxygen atoms in total. The van der Waals surface area contributed by atoms with Crippen LogP contribution >= 0.6 is 23.1 Å². The largest absolute Gasteiger partial charge is 0.410 e. The van der Waals surface area contributed by atoms with Crippen molar-refractivity contribution in [2.24, 2.45) is 0 Å². The van der Waals surface area contributed by atoms with Crippen molar-refractivity contribution in [2.45, 2.75) is 50.8 Å². The fourth-order valence-electron chi connectivity index (χ4n) is 3.77. The Morgan fingerprint density at radius 3 is 2.90 bits per heavy atom. The molecule has 1 N–H and O–H groups in total. The number of carbonyl (C=O) groups excluding carboxylic acids is 1. The second-order valence-corrected chi connectivity index (χ2v) is 8.92. The molecule has 1 saturated carbocycles. The summed E-state index contributed by atoms with van der Waals surface area (Å²) in [7, 11) is 0. The van der Waals surface area contributed by atoms with Crippen LogP contribution in [0.5, 0.6) is 0 Å². The summed E-state index contributed by atoms with van der Waals surface area (Å²) in [6, 6.07) is 6.43. The third-order valence-corrected chi connectivity index (χ3v) is 6.96. The minimum absolute atomic E-state index is 0.130. The normalized spacial score (nSPS) is 14.2. The van der Waals surface area contributed by atoms with E-state index in [1.165, 1.54) is 35.9 Å². The zero-order chi connectivity index (χ0) is 20.4. The molecule has 0 aromatic carbocycles. The lowest BCUT2D eigenvalue weighted by Crippen LogP contribution is -2.19. The van der Waals surface area contributed by atoms with Crippen LogP contribution in [0, 0.1) is 25.2 Å². The molecule has 4 rings (SSSR count). The van der Waals surface area contributed by atoms with Crippen molar-refractivity contribution in [1.29, 1.82) is 5.26 Å². The van der Waals surface area contributed by atoms with Gasteiger partial charge < -0.3 is 14.3 Å². The molecule has 0 aliphatic heterocycles. The van der Waals surface area contributed by atoms with Crippen LogP contribution in [0.25, 0.3) is 10.8 Å². The minimum Gasteiger partial charge on any atom is -0.410 e. The highest BCUT2D eigenvalue weighted by Gasteiger charge is 2.26. The zero-order valence-electron chi connectivity index (χ0n) is 16.3. The molecule has 3 heterocycles. The van der Waals surface area contributed by atoms with Crippen molar-refractivity contribution in [1.82, 2.24) is 14.8 Å². The van der Waals surface area contributed by atoms with Gasteiger partial charge in [-0.3, -0.25) is 4.79 Å². The summed E-state index contributed by atoms with van der Waals surface area (Å²) >= 11 is 2.71. The average Bonchev–Trinajstić information content (AvgIpc) is 3.50. The molecule has 3 aromatic heterocycles. The summed E-state index contributed by atoms with van der Waals surface area (Å²) in [6.07, 6.45) is 4.50. The topological polar surface area (TPSA) is 96.7 Å². The molecular formula is C20H21N5O2S2. The lowest BCUT2D eigenvalue weighted by atomic mass is 10.2. The molecule has 0 atom stereocenters. The van der Waals surface area contributed by atoms with E-state index in [0.717, 1.165) is 29.0 Å². The Kier molecular flexibility index (Phi) is 5.74. The van der Waals surface area contributed by atoms with E-state index in [4.69, 9.17) is 4.42 Å². The van der Waals surface area contributed by atoms with Gasteiger partial charge in [-0.05, 0) is 43.7 Å². The summed E-state index contributed by atoms with van der Waals surface area (Å²) in [5, 5.41) is 22.9. The van der Waals surface area contributed by atoms with Crippen molar-refractivity contribution in [3.8, 4) is 16.8 Å². The zero-order valence-corrected chi connectivity index (χ0v) is 17.9. The van der Waals surface area contributed by atoms with Crippen LogP contribution in [0.3, 0.4) is 0 Å².